The lowest BCUT2D eigenvalue weighted by Crippen LogP contribution is -2.29. The van der Waals surface area contributed by atoms with E-state index in [-0.39, 0.29) is 17.9 Å². The van der Waals surface area contributed by atoms with E-state index in [4.69, 9.17) is 20.8 Å². The predicted octanol–water partition coefficient (Wildman–Crippen LogP) is 6.44. The number of nitrogens with zero attached hydrogens (tertiary/aromatic N) is 1. The van der Waals surface area contributed by atoms with Gasteiger partial charge in [0.1, 0.15) is 23.9 Å². The molecule has 0 aliphatic carbocycles. The Morgan fingerprint density at radius 2 is 1.76 bits per heavy atom. The van der Waals surface area contributed by atoms with E-state index in [2.05, 4.69) is 6.07 Å². The van der Waals surface area contributed by atoms with Gasteiger partial charge in [-0.3, -0.25) is 9.59 Å². The van der Waals surface area contributed by atoms with Crippen molar-refractivity contribution in [3.05, 3.63) is 130 Å². The summed E-state index contributed by atoms with van der Waals surface area (Å²) in [6, 6.07) is 24.3. The molecule has 3 aromatic carbocycles. The van der Waals surface area contributed by atoms with Gasteiger partial charge in [0.25, 0.3) is 11.7 Å². The highest BCUT2D eigenvalue weighted by molar-refractivity contribution is 6.46. The van der Waals surface area contributed by atoms with Crippen molar-refractivity contribution in [3.8, 4) is 5.75 Å². The minimum atomic E-state index is -0.806. The number of rotatable bonds is 7. The molecule has 4 aromatic rings. The quantitative estimate of drug-likeness (QED) is 0.175. The van der Waals surface area contributed by atoms with Crippen molar-refractivity contribution in [1.82, 2.24) is 4.90 Å². The van der Waals surface area contributed by atoms with Gasteiger partial charge in [0, 0.05) is 10.6 Å². The molecular formula is C30H24ClNO5. The third-order valence-corrected chi connectivity index (χ3v) is 6.50. The summed E-state index contributed by atoms with van der Waals surface area (Å²) in [7, 11) is 0. The summed E-state index contributed by atoms with van der Waals surface area (Å²) in [5, 5.41) is 11.8. The van der Waals surface area contributed by atoms with Crippen LogP contribution in [0.25, 0.3) is 5.76 Å². The van der Waals surface area contributed by atoms with Gasteiger partial charge in [-0.15, -0.1) is 0 Å². The molecule has 0 spiro atoms. The van der Waals surface area contributed by atoms with Gasteiger partial charge in [-0.05, 0) is 66.6 Å². The summed E-state index contributed by atoms with van der Waals surface area (Å²) in [5.74, 6) is -0.591. The Balaban J connectivity index is 1.46. The van der Waals surface area contributed by atoms with Crippen molar-refractivity contribution in [2.75, 3.05) is 0 Å². The molecule has 1 atom stereocenters. The molecule has 5 rings (SSSR count). The summed E-state index contributed by atoms with van der Waals surface area (Å²) >= 11 is 6.07. The number of Topliss-reactive ketones (excluding diaryl/α,β-unsaturated/α-hetero) is 1. The number of hydrogen-bond donors (Lipinski definition) is 1. The maximum Gasteiger partial charge on any atom is 0.296 e. The minimum absolute atomic E-state index is 0.00677. The number of carbonyl (C=O) groups is 2. The Morgan fingerprint density at radius 3 is 2.43 bits per heavy atom. The van der Waals surface area contributed by atoms with Crippen LogP contribution in [0.3, 0.4) is 0 Å². The number of benzene rings is 3. The first-order chi connectivity index (χ1) is 17.9. The summed E-state index contributed by atoms with van der Waals surface area (Å²) in [6.07, 6.45) is 1.51. The molecule has 6 nitrogen and oxygen atoms in total. The van der Waals surface area contributed by atoms with Gasteiger partial charge in [-0.2, -0.15) is 0 Å². The number of aliphatic hydroxyl groups is 1. The molecule has 1 aliphatic rings. The van der Waals surface area contributed by atoms with Crippen LogP contribution in [-0.2, 0) is 22.7 Å². The monoisotopic (exact) mass is 513 g/mol. The average Bonchev–Trinajstić information content (AvgIpc) is 3.50. The molecule has 0 radical (unpaired) electrons. The van der Waals surface area contributed by atoms with E-state index in [1.165, 1.54) is 11.2 Å². The van der Waals surface area contributed by atoms with E-state index in [1.54, 1.807) is 60.7 Å². The topological polar surface area (TPSA) is 80.0 Å². The molecular weight excluding hydrogens is 490 g/mol. The van der Waals surface area contributed by atoms with Crippen molar-refractivity contribution >= 4 is 29.1 Å². The van der Waals surface area contributed by atoms with E-state index in [9.17, 15) is 14.7 Å². The lowest BCUT2D eigenvalue weighted by atomic mass is 9.95. The smallest absolute Gasteiger partial charge is 0.296 e. The maximum absolute atomic E-state index is 13.2. The van der Waals surface area contributed by atoms with Crippen molar-refractivity contribution in [2.24, 2.45) is 0 Å². The fourth-order valence-corrected chi connectivity index (χ4v) is 4.56. The molecule has 0 saturated carbocycles. The Kier molecular flexibility index (Phi) is 6.84. The lowest BCUT2D eigenvalue weighted by Gasteiger charge is -2.24. The van der Waals surface area contributed by atoms with Crippen LogP contribution in [0.1, 0.15) is 34.1 Å². The van der Waals surface area contributed by atoms with E-state index < -0.39 is 17.7 Å². The van der Waals surface area contributed by atoms with Crippen molar-refractivity contribution in [2.45, 2.75) is 26.1 Å². The van der Waals surface area contributed by atoms with E-state index >= 15 is 0 Å². The molecule has 1 saturated heterocycles. The van der Waals surface area contributed by atoms with Gasteiger partial charge < -0.3 is 19.2 Å². The van der Waals surface area contributed by atoms with Crippen LogP contribution in [0.15, 0.2) is 101 Å². The van der Waals surface area contributed by atoms with Gasteiger partial charge in [0.2, 0.25) is 0 Å². The van der Waals surface area contributed by atoms with Crippen LogP contribution in [0.4, 0.5) is 0 Å². The first-order valence-corrected chi connectivity index (χ1v) is 12.1. The number of amides is 1. The second-order valence-electron chi connectivity index (χ2n) is 8.86. The molecule has 1 aromatic heterocycles. The average molecular weight is 514 g/mol. The fraction of sp³-hybridized carbons (Fsp3) is 0.133. The van der Waals surface area contributed by atoms with Gasteiger partial charge in [-0.25, -0.2) is 0 Å². The highest BCUT2D eigenvalue weighted by Gasteiger charge is 2.46. The molecule has 7 heteroatoms. The van der Waals surface area contributed by atoms with Crippen molar-refractivity contribution in [1.29, 1.82) is 0 Å². The Morgan fingerprint density at radius 1 is 1.00 bits per heavy atom. The Labute approximate surface area is 219 Å². The highest BCUT2D eigenvalue weighted by atomic mass is 35.5. The number of halogens is 1. The minimum Gasteiger partial charge on any atom is -0.507 e. The predicted molar refractivity (Wildman–Crippen MR) is 140 cm³/mol. The van der Waals surface area contributed by atoms with Crippen molar-refractivity contribution in [3.63, 3.8) is 0 Å². The zero-order chi connectivity index (χ0) is 25.9. The number of aliphatic hydroxyl groups excluding tert-OH is 1. The number of aryl methyl sites for hydroxylation is 1. The van der Waals surface area contributed by atoms with Gasteiger partial charge >= 0.3 is 0 Å². The van der Waals surface area contributed by atoms with Crippen LogP contribution in [-0.4, -0.2) is 21.7 Å². The molecule has 2 heterocycles. The zero-order valence-electron chi connectivity index (χ0n) is 20.1. The second-order valence-corrected chi connectivity index (χ2v) is 9.30. The van der Waals surface area contributed by atoms with Crippen molar-refractivity contribution < 1.29 is 23.8 Å². The summed E-state index contributed by atoms with van der Waals surface area (Å²) in [4.78, 5) is 27.6. The standard InChI is InChI=1S/C30H24ClNO5/c1-19-4-2-5-20(16-19)18-37-24-13-9-22(10-14-24)28(33)26-27(21-7-11-23(31)12-8-21)32(30(35)29(26)34)17-25-6-3-15-36-25/h2-16,27,33H,17-18H2,1H3/b28-26+/t27-/m1/s1. The number of ether oxygens (including phenoxy) is 1. The summed E-state index contributed by atoms with van der Waals surface area (Å²) in [5.41, 5.74) is 3.26. The van der Waals surface area contributed by atoms with Crippen LogP contribution in [0.5, 0.6) is 5.75 Å². The van der Waals surface area contributed by atoms with Gasteiger partial charge in [-0.1, -0.05) is 53.6 Å². The largest absolute Gasteiger partial charge is 0.507 e. The third kappa shape index (κ3) is 5.15. The number of ketones is 1. The number of likely N-dealkylation sites (tertiary alicyclic amines) is 1. The first-order valence-electron chi connectivity index (χ1n) is 11.8. The first kappa shape index (κ1) is 24.4. The fourth-order valence-electron chi connectivity index (χ4n) is 4.44. The molecule has 1 aliphatic heterocycles. The SMILES string of the molecule is Cc1cccc(COc2ccc(/C(O)=C3\C(=O)C(=O)N(Cc4ccco4)[C@@H]3c3ccc(Cl)cc3)cc2)c1. The number of furan rings is 1. The van der Waals surface area contributed by atoms with Gasteiger partial charge in [0.05, 0.1) is 24.4 Å². The van der Waals surface area contributed by atoms with E-state index in [0.29, 0.717) is 34.3 Å². The molecule has 1 amide bonds. The summed E-state index contributed by atoms with van der Waals surface area (Å²) in [6.45, 7) is 2.51. The second kappa shape index (κ2) is 10.4. The van der Waals surface area contributed by atoms with E-state index in [1.807, 2.05) is 25.1 Å². The Bertz CT molecular complexity index is 1460. The molecule has 1 N–H and O–H groups in total. The summed E-state index contributed by atoms with van der Waals surface area (Å²) < 4.78 is 11.3. The lowest BCUT2D eigenvalue weighted by molar-refractivity contribution is -0.140. The van der Waals surface area contributed by atoms with Crippen LogP contribution < -0.4 is 4.74 Å². The van der Waals surface area contributed by atoms with Crippen LogP contribution in [0.2, 0.25) is 5.02 Å². The molecule has 1 fully saturated rings. The Hall–Kier alpha value is -4.29. The molecule has 186 valence electrons. The molecule has 0 unspecified atom stereocenters. The molecule has 0 bridgehead atoms. The number of carbonyl (C=O) groups excluding carboxylic acids is 2. The van der Waals surface area contributed by atoms with Gasteiger partial charge in [0.15, 0.2) is 0 Å². The van der Waals surface area contributed by atoms with Crippen LogP contribution in [0, 0.1) is 6.92 Å². The molecule has 37 heavy (non-hydrogen) atoms. The third-order valence-electron chi connectivity index (χ3n) is 6.25. The highest BCUT2D eigenvalue weighted by Crippen LogP contribution is 2.40. The zero-order valence-corrected chi connectivity index (χ0v) is 20.8. The maximum atomic E-state index is 13.2. The normalized spacial score (nSPS) is 16.8. The number of hydrogen-bond acceptors (Lipinski definition) is 5. The van der Waals surface area contributed by atoms with E-state index in [0.717, 1.165) is 11.1 Å². The van der Waals surface area contributed by atoms with Crippen LogP contribution >= 0.6 is 11.6 Å².